The molecule has 0 aromatic heterocycles. The van der Waals surface area contributed by atoms with Crippen molar-refractivity contribution in [2.24, 2.45) is 0 Å². The number of hydrogen-bond acceptors (Lipinski definition) is 3. The number of para-hydroxylation sites is 1. The smallest absolute Gasteiger partial charge is 0.329 e. The molecule has 0 spiro atoms. The van der Waals surface area contributed by atoms with E-state index in [1.807, 2.05) is 55.5 Å². The Balaban J connectivity index is 1.83. The van der Waals surface area contributed by atoms with Gasteiger partial charge in [0.05, 0.1) is 11.2 Å². The van der Waals surface area contributed by atoms with Gasteiger partial charge in [0, 0.05) is 22.5 Å². The number of halogens is 1. The van der Waals surface area contributed by atoms with E-state index >= 15 is 0 Å². The average molecular weight is 456 g/mol. The number of carbonyl (C=O) groups is 1. The Kier molecular flexibility index (Phi) is 7.47. The van der Waals surface area contributed by atoms with E-state index in [-0.39, 0.29) is 11.9 Å². The van der Waals surface area contributed by atoms with Gasteiger partial charge >= 0.3 is 7.60 Å². The molecule has 3 aromatic rings. The Labute approximate surface area is 186 Å². The lowest BCUT2D eigenvalue weighted by Gasteiger charge is -2.12. The third-order valence-corrected chi connectivity index (χ3v) is 5.74. The maximum atomic E-state index is 13.0. The molecule has 0 aliphatic rings. The molecule has 3 N–H and O–H groups in total. The van der Waals surface area contributed by atoms with Crippen LogP contribution in [0.2, 0.25) is 5.02 Å². The summed E-state index contributed by atoms with van der Waals surface area (Å²) in [7, 11) is -4.09. The third kappa shape index (κ3) is 6.16. The lowest BCUT2D eigenvalue weighted by atomic mass is 9.97. The van der Waals surface area contributed by atoms with Gasteiger partial charge in [-0.1, -0.05) is 73.1 Å². The predicted octanol–water partition coefficient (Wildman–Crippen LogP) is 6.07. The zero-order valence-corrected chi connectivity index (χ0v) is 18.6. The van der Waals surface area contributed by atoms with Gasteiger partial charge in [-0.3, -0.25) is 9.36 Å². The number of nitrogens with one attached hydrogen (secondary N) is 1. The molecule has 0 aliphatic heterocycles. The monoisotopic (exact) mass is 455 g/mol. The molecule has 160 valence electrons. The highest BCUT2D eigenvalue weighted by Gasteiger charge is 2.16. The molecular formula is C24H23ClNO4P. The van der Waals surface area contributed by atoms with Crippen LogP contribution < -0.4 is 5.32 Å². The second-order valence-electron chi connectivity index (χ2n) is 7.00. The molecule has 0 saturated heterocycles. The summed E-state index contributed by atoms with van der Waals surface area (Å²) in [6, 6.07) is 20.0. The van der Waals surface area contributed by atoms with Gasteiger partial charge in [0.1, 0.15) is 0 Å². The first-order chi connectivity index (χ1) is 14.8. The van der Waals surface area contributed by atoms with Crippen LogP contribution >= 0.6 is 19.2 Å². The number of hydrogen-bond donors (Lipinski definition) is 3. The standard InChI is InChI=1S/C24H23ClNO4P/c1-2-17-8-3-5-11-20(17)24(27)21-14-13-19(16-22(21)25)26-23-12-6-4-9-18(23)10-7-15-31(28,29)30/h3-14,16,26H,2,15H2,1H3,(H2,28,29,30)/b10-7+. The van der Waals surface area contributed by atoms with Crippen LogP contribution in [-0.2, 0) is 11.0 Å². The first kappa shape index (κ1) is 23.0. The first-order valence-electron chi connectivity index (χ1n) is 9.78. The molecule has 0 fully saturated rings. The summed E-state index contributed by atoms with van der Waals surface area (Å²) in [5.74, 6) is -0.116. The van der Waals surface area contributed by atoms with E-state index in [9.17, 15) is 9.36 Å². The number of rotatable bonds is 8. The Morgan fingerprint density at radius 1 is 1.03 bits per heavy atom. The molecule has 0 aliphatic carbocycles. The normalized spacial score (nSPS) is 11.6. The summed E-state index contributed by atoms with van der Waals surface area (Å²) in [5.41, 5.74) is 4.26. The second kappa shape index (κ2) is 10.1. The van der Waals surface area contributed by atoms with E-state index in [2.05, 4.69) is 5.32 Å². The van der Waals surface area contributed by atoms with Gasteiger partial charge in [0.25, 0.3) is 0 Å². The van der Waals surface area contributed by atoms with Crippen molar-refractivity contribution in [3.05, 3.63) is 100 Å². The molecular weight excluding hydrogens is 433 g/mol. The van der Waals surface area contributed by atoms with Crippen molar-refractivity contribution in [2.45, 2.75) is 13.3 Å². The Bertz CT molecular complexity index is 1170. The van der Waals surface area contributed by atoms with Gasteiger partial charge in [0.2, 0.25) is 0 Å². The Morgan fingerprint density at radius 3 is 2.45 bits per heavy atom. The van der Waals surface area contributed by atoms with Gasteiger partial charge in [-0.15, -0.1) is 0 Å². The molecule has 3 aromatic carbocycles. The Hall–Kier alpha value is -2.69. The van der Waals surface area contributed by atoms with Gasteiger partial charge in [0.15, 0.2) is 5.78 Å². The number of aryl methyl sites for hydroxylation is 1. The molecule has 0 bridgehead atoms. The molecule has 0 radical (unpaired) electrons. The van der Waals surface area contributed by atoms with Gasteiger partial charge in [-0.2, -0.15) is 0 Å². The van der Waals surface area contributed by atoms with Crippen LogP contribution in [0.25, 0.3) is 6.08 Å². The van der Waals surface area contributed by atoms with E-state index in [0.29, 0.717) is 21.8 Å². The minimum absolute atomic E-state index is 0.116. The second-order valence-corrected chi connectivity index (χ2v) is 9.10. The van der Waals surface area contributed by atoms with Crippen molar-refractivity contribution >= 4 is 42.4 Å². The average Bonchev–Trinajstić information content (AvgIpc) is 2.74. The maximum Gasteiger partial charge on any atom is 0.329 e. The molecule has 3 rings (SSSR count). The summed E-state index contributed by atoms with van der Waals surface area (Å²) in [5, 5.41) is 3.59. The highest BCUT2D eigenvalue weighted by Crippen LogP contribution is 2.34. The van der Waals surface area contributed by atoms with E-state index in [4.69, 9.17) is 21.4 Å². The fourth-order valence-electron chi connectivity index (χ4n) is 3.20. The minimum Gasteiger partial charge on any atom is -0.355 e. The fourth-order valence-corrected chi connectivity index (χ4v) is 3.85. The lowest BCUT2D eigenvalue weighted by molar-refractivity contribution is 0.103. The van der Waals surface area contributed by atoms with Crippen molar-refractivity contribution in [1.82, 2.24) is 0 Å². The Morgan fingerprint density at radius 2 is 1.74 bits per heavy atom. The van der Waals surface area contributed by atoms with Gasteiger partial charge < -0.3 is 15.1 Å². The molecule has 31 heavy (non-hydrogen) atoms. The minimum atomic E-state index is -4.09. The maximum absolute atomic E-state index is 13.0. The van der Waals surface area contributed by atoms with Gasteiger partial charge in [-0.05, 0) is 41.8 Å². The molecule has 5 nitrogen and oxygen atoms in total. The lowest BCUT2D eigenvalue weighted by Crippen LogP contribution is -2.06. The van der Waals surface area contributed by atoms with E-state index in [0.717, 1.165) is 23.2 Å². The topological polar surface area (TPSA) is 86.6 Å². The number of carbonyl (C=O) groups excluding carboxylic acids is 1. The summed E-state index contributed by atoms with van der Waals surface area (Å²) >= 11 is 6.45. The summed E-state index contributed by atoms with van der Waals surface area (Å²) in [6.07, 6.45) is 3.53. The van der Waals surface area contributed by atoms with Crippen LogP contribution in [0.3, 0.4) is 0 Å². The molecule has 0 amide bonds. The number of ketones is 1. The summed E-state index contributed by atoms with van der Waals surface area (Å²) < 4.78 is 11.0. The predicted molar refractivity (Wildman–Crippen MR) is 126 cm³/mol. The SMILES string of the molecule is CCc1ccccc1C(=O)c1ccc(Nc2ccccc2/C=C/CP(=O)(O)O)cc1Cl. The third-order valence-electron chi connectivity index (χ3n) is 4.74. The molecule has 0 unspecified atom stereocenters. The summed E-state index contributed by atoms with van der Waals surface area (Å²) in [6.45, 7) is 2.01. The van der Waals surface area contributed by atoms with E-state index in [1.54, 1.807) is 24.3 Å². The van der Waals surface area contributed by atoms with Crippen LogP contribution in [0.15, 0.2) is 72.8 Å². The molecule has 0 heterocycles. The molecule has 0 saturated carbocycles. The van der Waals surface area contributed by atoms with Crippen molar-refractivity contribution in [2.75, 3.05) is 11.5 Å². The van der Waals surface area contributed by atoms with Crippen LogP contribution in [0, 0.1) is 0 Å². The van der Waals surface area contributed by atoms with Crippen molar-refractivity contribution in [3.8, 4) is 0 Å². The quantitative estimate of drug-likeness (QED) is 0.283. The number of benzene rings is 3. The molecule has 7 heteroatoms. The van der Waals surface area contributed by atoms with Crippen LogP contribution in [-0.4, -0.2) is 21.7 Å². The van der Waals surface area contributed by atoms with Crippen molar-refractivity contribution < 1.29 is 19.1 Å². The van der Waals surface area contributed by atoms with Crippen LogP contribution in [0.5, 0.6) is 0 Å². The van der Waals surface area contributed by atoms with Crippen molar-refractivity contribution in [3.63, 3.8) is 0 Å². The van der Waals surface area contributed by atoms with E-state index in [1.165, 1.54) is 6.08 Å². The number of anilines is 2. The highest BCUT2D eigenvalue weighted by molar-refractivity contribution is 7.51. The fraction of sp³-hybridized carbons (Fsp3) is 0.125. The van der Waals surface area contributed by atoms with E-state index < -0.39 is 7.60 Å². The molecule has 0 atom stereocenters. The first-order valence-corrected chi connectivity index (χ1v) is 12.0. The summed E-state index contributed by atoms with van der Waals surface area (Å²) in [4.78, 5) is 31.0. The zero-order valence-electron chi connectivity index (χ0n) is 17.0. The van der Waals surface area contributed by atoms with Crippen LogP contribution in [0.4, 0.5) is 11.4 Å². The van der Waals surface area contributed by atoms with Crippen LogP contribution in [0.1, 0.15) is 34.0 Å². The van der Waals surface area contributed by atoms with Gasteiger partial charge in [-0.25, -0.2) is 0 Å². The zero-order chi connectivity index (χ0) is 22.4. The highest BCUT2D eigenvalue weighted by atomic mass is 35.5. The van der Waals surface area contributed by atoms with Crippen molar-refractivity contribution in [1.29, 1.82) is 0 Å². The largest absolute Gasteiger partial charge is 0.355 e. The number of allylic oxidation sites excluding steroid dienone is 1.